The maximum absolute atomic E-state index is 12.8. The number of likely N-dealkylation sites (tertiary alicyclic amines) is 1. The zero-order valence-corrected chi connectivity index (χ0v) is 21.2. The number of aromatic nitrogens is 4. The molecule has 0 aliphatic carbocycles. The molecule has 1 fully saturated rings. The monoisotopic (exact) mass is 525 g/mol. The van der Waals surface area contributed by atoms with Gasteiger partial charge in [0, 0.05) is 18.7 Å². The van der Waals surface area contributed by atoms with Gasteiger partial charge in [0.2, 0.25) is 18.6 Å². The standard InChI is InChI=1S/C28H27N7O4/c1-2-22(37)34-12-10-18(11-13-34)35-24(23-27(29)30-15-31-28(23)33-35)19-8-9-20(26-25(19)38-16-39-26)32-21(36)14-17-6-4-3-5-7-17/h2-9,15,18H,1,10-14,16H2,(H,32,36)(H2,29,30,31,33). The fourth-order valence-corrected chi connectivity index (χ4v) is 5.20. The third kappa shape index (κ3) is 4.52. The van der Waals surface area contributed by atoms with Gasteiger partial charge in [0.25, 0.3) is 0 Å². The van der Waals surface area contributed by atoms with Crippen LogP contribution < -0.4 is 20.5 Å². The highest BCUT2D eigenvalue weighted by Gasteiger charge is 2.32. The van der Waals surface area contributed by atoms with E-state index in [4.69, 9.17) is 20.3 Å². The molecule has 2 aliphatic rings. The molecular weight excluding hydrogens is 498 g/mol. The molecule has 2 aliphatic heterocycles. The summed E-state index contributed by atoms with van der Waals surface area (Å²) >= 11 is 0. The number of nitrogens with two attached hydrogens (primary N) is 1. The number of carbonyl (C=O) groups excluding carboxylic acids is 2. The number of amides is 2. The van der Waals surface area contributed by atoms with Gasteiger partial charge in [0.15, 0.2) is 17.1 Å². The lowest BCUT2D eigenvalue weighted by molar-refractivity contribution is -0.127. The van der Waals surface area contributed by atoms with E-state index < -0.39 is 0 Å². The molecule has 198 valence electrons. The quantitative estimate of drug-likeness (QED) is 0.366. The maximum Gasteiger partial charge on any atom is 0.245 e. The minimum absolute atomic E-state index is 0.00794. The van der Waals surface area contributed by atoms with Gasteiger partial charge in [-0.15, -0.1) is 0 Å². The second kappa shape index (κ2) is 10.1. The van der Waals surface area contributed by atoms with Crippen molar-refractivity contribution in [2.45, 2.75) is 25.3 Å². The minimum atomic E-state index is -0.166. The number of carbonyl (C=O) groups is 2. The Balaban J connectivity index is 1.37. The van der Waals surface area contributed by atoms with Gasteiger partial charge in [-0.25, -0.2) is 9.97 Å². The smallest absolute Gasteiger partial charge is 0.245 e. The number of nitrogens with one attached hydrogen (secondary N) is 1. The lowest BCUT2D eigenvalue weighted by atomic mass is 10.0. The fourth-order valence-electron chi connectivity index (χ4n) is 5.20. The highest BCUT2D eigenvalue weighted by molar-refractivity contribution is 6.02. The van der Waals surface area contributed by atoms with Crippen molar-refractivity contribution < 1.29 is 19.1 Å². The Morgan fingerprint density at radius 3 is 2.62 bits per heavy atom. The Kier molecular flexibility index (Phi) is 6.31. The fraction of sp³-hybridized carbons (Fsp3) is 0.250. The summed E-state index contributed by atoms with van der Waals surface area (Å²) in [6.07, 6.45) is 4.35. The molecule has 2 aromatic heterocycles. The van der Waals surface area contributed by atoms with E-state index >= 15 is 0 Å². The number of anilines is 2. The molecule has 11 heteroatoms. The number of piperidine rings is 1. The van der Waals surface area contributed by atoms with E-state index in [1.54, 1.807) is 11.0 Å². The van der Waals surface area contributed by atoms with E-state index in [-0.39, 0.29) is 31.1 Å². The van der Waals surface area contributed by atoms with Crippen LogP contribution in [0.2, 0.25) is 0 Å². The first-order valence-corrected chi connectivity index (χ1v) is 12.7. The van der Waals surface area contributed by atoms with Crippen LogP contribution in [0.4, 0.5) is 11.5 Å². The number of hydrogen-bond donors (Lipinski definition) is 2. The lowest BCUT2D eigenvalue weighted by Crippen LogP contribution is -2.38. The molecule has 39 heavy (non-hydrogen) atoms. The van der Waals surface area contributed by atoms with Crippen molar-refractivity contribution in [3.63, 3.8) is 0 Å². The van der Waals surface area contributed by atoms with Crippen LogP contribution in [0, 0.1) is 0 Å². The molecule has 6 rings (SSSR count). The molecule has 11 nitrogen and oxygen atoms in total. The number of ether oxygens (including phenoxy) is 2. The van der Waals surface area contributed by atoms with Crippen LogP contribution in [0.15, 0.2) is 61.4 Å². The van der Waals surface area contributed by atoms with Gasteiger partial charge in [-0.05, 0) is 36.6 Å². The summed E-state index contributed by atoms with van der Waals surface area (Å²) in [5.41, 5.74) is 9.64. The molecule has 2 aromatic carbocycles. The Morgan fingerprint density at radius 1 is 1.08 bits per heavy atom. The van der Waals surface area contributed by atoms with E-state index in [9.17, 15) is 9.59 Å². The normalized spacial score (nSPS) is 14.9. The summed E-state index contributed by atoms with van der Waals surface area (Å²) in [5, 5.41) is 8.36. The van der Waals surface area contributed by atoms with Gasteiger partial charge in [0.1, 0.15) is 12.1 Å². The third-order valence-electron chi connectivity index (χ3n) is 7.08. The second-order valence-electron chi connectivity index (χ2n) is 9.45. The molecule has 0 unspecified atom stereocenters. The van der Waals surface area contributed by atoms with Gasteiger partial charge in [-0.1, -0.05) is 36.9 Å². The highest BCUT2D eigenvalue weighted by atomic mass is 16.7. The SMILES string of the molecule is C=CC(=O)N1CCC(n2nc3ncnc(N)c3c2-c2ccc(NC(=O)Cc3ccccc3)c3c2OCO3)CC1. The van der Waals surface area contributed by atoms with Crippen LogP contribution >= 0.6 is 0 Å². The molecule has 0 atom stereocenters. The predicted molar refractivity (Wildman–Crippen MR) is 145 cm³/mol. The summed E-state index contributed by atoms with van der Waals surface area (Å²) in [7, 11) is 0. The Morgan fingerprint density at radius 2 is 1.85 bits per heavy atom. The summed E-state index contributed by atoms with van der Waals surface area (Å²) in [6, 6.07) is 13.2. The number of fused-ring (bicyclic) bond motifs is 2. The number of rotatable bonds is 6. The van der Waals surface area contributed by atoms with Gasteiger partial charge < -0.3 is 25.4 Å². The summed E-state index contributed by atoms with van der Waals surface area (Å²) < 4.78 is 13.7. The predicted octanol–water partition coefficient (Wildman–Crippen LogP) is 3.33. The molecule has 0 bridgehead atoms. The Hall–Kier alpha value is -4.93. The number of hydrogen-bond acceptors (Lipinski definition) is 8. The molecule has 0 radical (unpaired) electrons. The van der Waals surface area contributed by atoms with Crippen LogP contribution in [0.5, 0.6) is 11.5 Å². The van der Waals surface area contributed by atoms with Crippen molar-refractivity contribution in [3.05, 3.63) is 67.0 Å². The average molecular weight is 526 g/mol. The maximum atomic E-state index is 12.8. The van der Waals surface area contributed by atoms with Gasteiger partial charge in [-0.2, -0.15) is 5.10 Å². The van der Waals surface area contributed by atoms with Crippen LogP contribution in [-0.2, 0) is 16.0 Å². The topological polar surface area (TPSA) is 137 Å². The first-order valence-electron chi connectivity index (χ1n) is 12.7. The van der Waals surface area contributed by atoms with E-state index in [0.29, 0.717) is 71.2 Å². The summed E-state index contributed by atoms with van der Waals surface area (Å²) in [6.45, 7) is 4.76. The van der Waals surface area contributed by atoms with Gasteiger partial charge >= 0.3 is 0 Å². The number of nitrogens with zero attached hydrogens (tertiary/aromatic N) is 5. The summed E-state index contributed by atoms with van der Waals surface area (Å²) in [5.74, 6) is 0.978. The first-order chi connectivity index (χ1) is 19.0. The molecular formula is C28H27N7O4. The van der Waals surface area contributed by atoms with Crippen molar-refractivity contribution in [1.29, 1.82) is 0 Å². The molecule has 4 heterocycles. The van der Waals surface area contributed by atoms with Crippen molar-refractivity contribution in [2.75, 3.05) is 30.9 Å². The average Bonchev–Trinajstić information content (AvgIpc) is 3.60. The summed E-state index contributed by atoms with van der Waals surface area (Å²) in [4.78, 5) is 35.2. The highest BCUT2D eigenvalue weighted by Crippen LogP contribution is 2.49. The van der Waals surface area contributed by atoms with E-state index in [2.05, 4.69) is 21.9 Å². The van der Waals surface area contributed by atoms with Crippen molar-refractivity contribution in [2.24, 2.45) is 0 Å². The molecule has 3 N–H and O–H groups in total. The second-order valence-corrected chi connectivity index (χ2v) is 9.45. The van der Waals surface area contributed by atoms with Crippen LogP contribution in [0.3, 0.4) is 0 Å². The van der Waals surface area contributed by atoms with Crippen molar-refractivity contribution in [1.82, 2.24) is 24.6 Å². The molecule has 2 amide bonds. The van der Waals surface area contributed by atoms with Gasteiger partial charge in [-0.3, -0.25) is 14.3 Å². The third-order valence-corrected chi connectivity index (χ3v) is 7.08. The molecule has 0 spiro atoms. The minimum Gasteiger partial charge on any atom is -0.453 e. The Labute approximate surface area is 224 Å². The largest absolute Gasteiger partial charge is 0.453 e. The molecule has 1 saturated heterocycles. The van der Waals surface area contributed by atoms with Gasteiger partial charge in [0.05, 0.1) is 29.2 Å². The van der Waals surface area contributed by atoms with Crippen LogP contribution in [0.1, 0.15) is 24.4 Å². The van der Waals surface area contributed by atoms with E-state index in [0.717, 1.165) is 5.56 Å². The zero-order chi connectivity index (χ0) is 26.9. The van der Waals surface area contributed by atoms with Crippen LogP contribution in [0.25, 0.3) is 22.3 Å². The number of nitrogen functional groups attached to an aromatic ring is 1. The van der Waals surface area contributed by atoms with Crippen molar-refractivity contribution in [3.8, 4) is 22.8 Å². The lowest BCUT2D eigenvalue weighted by Gasteiger charge is -2.32. The van der Waals surface area contributed by atoms with Crippen molar-refractivity contribution >= 4 is 34.4 Å². The number of benzene rings is 2. The van der Waals surface area contributed by atoms with Crippen LogP contribution in [-0.4, -0.2) is 56.3 Å². The zero-order valence-electron chi connectivity index (χ0n) is 21.2. The molecule has 4 aromatic rings. The van der Waals surface area contributed by atoms with E-state index in [1.807, 2.05) is 41.1 Å². The van der Waals surface area contributed by atoms with E-state index in [1.165, 1.54) is 12.4 Å². The first kappa shape index (κ1) is 24.4. The Bertz CT molecular complexity index is 1580. The molecule has 0 saturated carbocycles.